The van der Waals surface area contributed by atoms with Crippen molar-refractivity contribution in [3.8, 4) is 0 Å². The summed E-state index contributed by atoms with van der Waals surface area (Å²) in [5, 5.41) is 0. The van der Waals surface area contributed by atoms with Crippen LogP contribution in [0.25, 0.3) is 0 Å². The Morgan fingerprint density at radius 1 is 0.833 bits per heavy atom. The maximum atomic E-state index is 5.57. The minimum absolute atomic E-state index is 0.641. The highest BCUT2D eigenvalue weighted by Gasteiger charge is 2.36. The van der Waals surface area contributed by atoms with Gasteiger partial charge in [-0.25, -0.2) is 0 Å². The molecule has 1 fully saturated rings. The fraction of sp³-hybridized carbons (Fsp3) is 1.00. The standard InChI is InChI=1S/C11H22O/c1-3-5-7-9-11-10(12-11)8-6-4-2/h10-11H,3-9H2,1-2H3. The Kier molecular flexibility index (Phi) is 4.67. The van der Waals surface area contributed by atoms with E-state index in [2.05, 4.69) is 13.8 Å². The van der Waals surface area contributed by atoms with Crippen LogP contribution in [0.5, 0.6) is 0 Å². The summed E-state index contributed by atoms with van der Waals surface area (Å²) in [5.74, 6) is 0. The van der Waals surface area contributed by atoms with E-state index in [0.29, 0.717) is 12.2 Å². The minimum Gasteiger partial charge on any atom is -0.370 e. The van der Waals surface area contributed by atoms with Crippen LogP contribution in [0.2, 0.25) is 0 Å². The van der Waals surface area contributed by atoms with Crippen molar-refractivity contribution < 1.29 is 4.74 Å². The zero-order valence-corrected chi connectivity index (χ0v) is 8.51. The van der Waals surface area contributed by atoms with Crippen LogP contribution in [0.15, 0.2) is 0 Å². The van der Waals surface area contributed by atoms with Crippen LogP contribution in [0.3, 0.4) is 0 Å². The summed E-state index contributed by atoms with van der Waals surface area (Å²) >= 11 is 0. The highest BCUT2D eigenvalue weighted by molar-refractivity contribution is 4.83. The number of ether oxygens (including phenoxy) is 1. The Hall–Kier alpha value is -0.0400. The van der Waals surface area contributed by atoms with Gasteiger partial charge in [0.05, 0.1) is 12.2 Å². The van der Waals surface area contributed by atoms with E-state index >= 15 is 0 Å². The minimum atomic E-state index is 0.641. The van der Waals surface area contributed by atoms with Crippen LogP contribution in [-0.2, 0) is 4.74 Å². The molecule has 1 aliphatic rings. The largest absolute Gasteiger partial charge is 0.370 e. The number of rotatable bonds is 7. The Morgan fingerprint density at radius 2 is 1.42 bits per heavy atom. The molecule has 1 nitrogen and oxygen atoms in total. The van der Waals surface area contributed by atoms with E-state index in [-0.39, 0.29) is 0 Å². The molecule has 1 heterocycles. The topological polar surface area (TPSA) is 12.5 Å². The van der Waals surface area contributed by atoms with Gasteiger partial charge in [0.1, 0.15) is 0 Å². The second-order valence-corrected chi connectivity index (χ2v) is 3.85. The first-order chi connectivity index (χ1) is 5.88. The molecule has 2 unspecified atom stereocenters. The van der Waals surface area contributed by atoms with E-state index < -0.39 is 0 Å². The third-order valence-corrected chi connectivity index (χ3v) is 2.62. The molecule has 0 N–H and O–H groups in total. The van der Waals surface area contributed by atoms with Crippen molar-refractivity contribution in [2.75, 3.05) is 0 Å². The molecule has 12 heavy (non-hydrogen) atoms. The second kappa shape index (κ2) is 5.58. The fourth-order valence-electron chi connectivity index (χ4n) is 1.69. The van der Waals surface area contributed by atoms with E-state index in [9.17, 15) is 0 Å². The molecule has 72 valence electrons. The number of unbranched alkanes of at least 4 members (excludes halogenated alkanes) is 3. The van der Waals surface area contributed by atoms with Crippen molar-refractivity contribution in [2.24, 2.45) is 0 Å². The molecular formula is C11H22O. The summed E-state index contributed by atoms with van der Waals surface area (Å²) in [6, 6.07) is 0. The predicted octanol–water partition coefficient (Wildman–Crippen LogP) is 3.52. The molecule has 1 aliphatic heterocycles. The zero-order valence-electron chi connectivity index (χ0n) is 8.51. The third-order valence-electron chi connectivity index (χ3n) is 2.62. The molecule has 0 aromatic rings. The third kappa shape index (κ3) is 3.57. The molecular weight excluding hydrogens is 148 g/mol. The van der Waals surface area contributed by atoms with Gasteiger partial charge in [0.15, 0.2) is 0 Å². The van der Waals surface area contributed by atoms with Crippen molar-refractivity contribution in [2.45, 2.75) is 71.0 Å². The maximum absolute atomic E-state index is 5.57. The predicted molar refractivity (Wildman–Crippen MR) is 52.3 cm³/mol. The van der Waals surface area contributed by atoms with E-state index in [4.69, 9.17) is 4.74 Å². The van der Waals surface area contributed by atoms with Crippen molar-refractivity contribution in [1.29, 1.82) is 0 Å². The molecule has 1 heteroatoms. The second-order valence-electron chi connectivity index (χ2n) is 3.85. The molecule has 0 spiro atoms. The van der Waals surface area contributed by atoms with Crippen LogP contribution in [0, 0.1) is 0 Å². The summed E-state index contributed by atoms with van der Waals surface area (Å²) in [6.07, 6.45) is 10.6. The molecule has 0 aromatic heterocycles. The van der Waals surface area contributed by atoms with Gasteiger partial charge in [-0.2, -0.15) is 0 Å². The van der Waals surface area contributed by atoms with Gasteiger partial charge < -0.3 is 4.74 Å². The summed E-state index contributed by atoms with van der Waals surface area (Å²) in [4.78, 5) is 0. The molecule has 0 saturated carbocycles. The van der Waals surface area contributed by atoms with Gasteiger partial charge in [-0.15, -0.1) is 0 Å². The molecule has 2 atom stereocenters. The quantitative estimate of drug-likeness (QED) is 0.420. The SMILES string of the molecule is CCCCCC1OC1CCCC. The van der Waals surface area contributed by atoms with Crippen LogP contribution < -0.4 is 0 Å². The Balaban J connectivity index is 1.86. The normalized spacial score (nSPS) is 27.5. The van der Waals surface area contributed by atoms with Gasteiger partial charge in [0, 0.05) is 0 Å². The first kappa shape index (κ1) is 10.0. The van der Waals surface area contributed by atoms with Crippen molar-refractivity contribution in [3.05, 3.63) is 0 Å². The molecule has 0 radical (unpaired) electrons. The van der Waals surface area contributed by atoms with E-state index in [0.717, 1.165) is 0 Å². The van der Waals surface area contributed by atoms with Crippen LogP contribution in [0.4, 0.5) is 0 Å². The van der Waals surface area contributed by atoms with E-state index in [1.54, 1.807) is 0 Å². The van der Waals surface area contributed by atoms with E-state index in [1.165, 1.54) is 44.9 Å². The van der Waals surface area contributed by atoms with Crippen LogP contribution in [0.1, 0.15) is 58.8 Å². The average Bonchev–Trinajstić information content (AvgIpc) is 2.81. The van der Waals surface area contributed by atoms with Gasteiger partial charge in [0.25, 0.3) is 0 Å². The van der Waals surface area contributed by atoms with Gasteiger partial charge in [0.2, 0.25) is 0 Å². The molecule has 0 aromatic carbocycles. The Morgan fingerprint density at radius 3 is 2.00 bits per heavy atom. The first-order valence-electron chi connectivity index (χ1n) is 5.54. The number of hydrogen-bond acceptors (Lipinski definition) is 1. The lowest BCUT2D eigenvalue weighted by atomic mass is 10.1. The number of hydrogen-bond donors (Lipinski definition) is 0. The average molecular weight is 170 g/mol. The van der Waals surface area contributed by atoms with Crippen molar-refractivity contribution in [3.63, 3.8) is 0 Å². The summed E-state index contributed by atoms with van der Waals surface area (Å²) in [6.45, 7) is 4.50. The highest BCUT2D eigenvalue weighted by Crippen LogP contribution is 2.31. The van der Waals surface area contributed by atoms with E-state index in [1.807, 2.05) is 0 Å². The van der Waals surface area contributed by atoms with Crippen LogP contribution >= 0.6 is 0 Å². The van der Waals surface area contributed by atoms with Gasteiger partial charge in [-0.3, -0.25) is 0 Å². The summed E-state index contributed by atoms with van der Waals surface area (Å²) in [7, 11) is 0. The monoisotopic (exact) mass is 170 g/mol. The summed E-state index contributed by atoms with van der Waals surface area (Å²) in [5.41, 5.74) is 0. The molecule has 1 saturated heterocycles. The Labute approximate surface area is 76.5 Å². The summed E-state index contributed by atoms with van der Waals surface area (Å²) < 4.78 is 5.57. The zero-order chi connectivity index (χ0) is 8.81. The maximum Gasteiger partial charge on any atom is 0.0841 e. The van der Waals surface area contributed by atoms with Gasteiger partial charge in [-0.1, -0.05) is 46.0 Å². The fourth-order valence-corrected chi connectivity index (χ4v) is 1.69. The Bertz CT molecular complexity index is 112. The lowest BCUT2D eigenvalue weighted by Crippen LogP contribution is -1.93. The van der Waals surface area contributed by atoms with Gasteiger partial charge >= 0.3 is 0 Å². The van der Waals surface area contributed by atoms with Crippen molar-refractivity contribution in [1.82, 2.24) is 0 Å². The lowest BCUT2D eigenvalue weighted by Gasteiger charge is -1.94. The molecule has 0 bridgehead atoms. The molecule has 0 amide bonds. The van der Waals surface area contributed by atoms with Crippen LogP contribution in [-0.4, -0.2) is 12.2 Å². The molecule has 0 aliphatic carbocycles. The smallest absolute Gasteiger partial charge is 0.0841 e. The lowest BCUT2D eigenvalue weighted by molar-refractivity contribution is 0.349. The highest BCUT2D eigenvalue weighted by atomic mass is 16.6. The van der Waals surface area contributed by atoms with Crippen molar-refractivity contribution >= 4 is 0 Å². The molecule has 1 rings (SSSR count). The van der Waals surface area contributed by atoms with Gasteiger partial charge in [-0.05, 0) is 12.8 Å². The first-order valence-corrected chi connectivity index (χ1v) is 5.54. The number of epoxide rings is 1.